The van der Waals surface area contributed by atoms with Gasteiger partial charge < -0.3 is 14.7 Å². The van der Waals surface area contributed by atoms with Crippen molar-refractivity contribution in [3.63, 3.8) is 0 Å². The average Bonchev–Trinajstić information content (AvgIpc) is 2.87. The van der Waals surface area contributed by atoms with Crippen LogP contribution in [0, 0.1) is 5.41 Å². The zero-order valence-corrected chi connectivity index (χ0v) is 10.8. The number of aliphatic carboxylic acids is 1. The highest BCUT2D eigenvalue weighted by atomic mass is 16.5. The lowest BCUT2D eigenvalue weighted by Gasteiger charge is -2.47. The molecule has 0 aromatic rings. The summed E-state index contributed by atoms with van der Waals surface area (Å²) < 4.78 is 5.68. The maximum Gasteiger partial charge on any atom is 0.317 e. The molecule has 3 aliphatic heterocycles. The zero-order valence-electron chi connectivity index (χ0n) is 10.8. The largest absolute Gasteiger partial charge is 0.480 e. The lowest BCUT2D eigenvalue weighted by atomic mass is 9.79. The van der Waals surface area contributed by atoms with Crippen molar-refractivity contribution in [2.45, 2.75) is 25.4 Å². The van der Waals surface area contributed by atoms with Crippen LogP contribution in [0.1, 0.15) is 19.3 Å². The number of hydrogen-bond acceptors (Lipinski definition) is 4. The summed E-state index contributed by atoms with van der Waals surface area (Å²) in [6, 6.07) is 0. The van der Waals surface area contributed by atoms with Gasteiger partial charge in [0.2, 0.25) is 0 Å². The Morgan fingerprint density at radius 1 is 1.33 bits per heavy atom. The Bertz CT molecular complexity index is 322. The van der Waals surface area contributed by atoms with E-state index < -0.39 is 5.97 Å². The Kier molecular flexibility index (Phi) is 3.30. The second-order valence-electron chi connectivity index (χ2n) is 6.16. The van der Waals surface area contributed by atoms with Crippen molar-refractivity contribution in [2.24, 2.45) is 5.41 Å². The average molecular weight is 254 g/mol. The lowest BCUT2D eigenvalue weighted by Crippen LogP contribution is -2.58. The first-order valence-electron chi connectivity index (χ1n) is 6.93. The fourth-order valence-corrected chi connectivity index (χ4v) is 3.72. The normalized spacial score (nSPS) is 31.9. The molecule has 0 aliphatic carbocycles. The smallest absolute Gasteiger partial charge is 0.317 e. The summed E-state index contributed by atoms with van der Waals surface area (Å²) in [7, 11) is 0. The van der Waals surface area contributed by atoms with E-state index in [4.69, 9.17) is 9.84 Å². The van der Waals surface area contributed by atoms with Crippen molar-refractivity contribution in [2.75, 3.05) is 45.9 Å². The van der Waals surface area contributed by atoms with Gasteiger partial charge in [-0.05, 0) is 25.8 Å². The van der Waals surface area contributed by atoms with Gasteiger partial charge in [-0.15, -0.1) is 0 Å². The van der Waals surface area contributed by atoms with Crippen LogP contribution in [-0.4, -0.2) is 72.9 Å². The SMILES string of the molecule is O=C(O)CN1CC2(CCN(CC3CCCO3)C2)C1. The maximum absolute atomic E-state index is 10.6. The molecule has 3 saturated heterocycles. The van der Waals surface area contributed by atoms with Gasteiger partial charge in [-0.2, -0.15) is 0 Å². The van der Waals surface area contributed by atoms with E-state index in [1.807, 2.05) is 4.90 Å². The minimum absolute atomic E-state index is 0.202. The van der Waals surface area contributed by atoms with Gasteiger partial charge in [-0.3, -0.25) is 9.69 Å². The molecule has 3 aliphatic rings. The predicted molar refractivity (Wildman–Crippen MR) is 66.5 cm³/mol. The Labute approximate surface area is 108 Å². The molecule has 5 heteroatoms. The van der Waals surface area contributed by atoms with Crippen LogP contribution in [0.25, 0.3) is 0 Å². The third kappa shape index (κ3) is 2.53. The molecule has 0 aromatic heterocycles. The topological polar surface area (TPSA) is 53.0 Å². The maximum atomic E-state index is 10.6. The standard InChI is InChI=1S/C13H22N2O3/c16-12(17)7-15-9-13(10-15)3-4-14(8-13)6-11-2-1-5-18-11/h11H,1-10H2,(H,16,17). The molecule has 0 amide bonds. The number of nitrogens with zero attached hydrogens (tertiary/aromatic N) is 2. The molecule has 1 unspecified atom stereocenters. The molecule has 1 N–H and O–H groups in total. The van der Waals surface area contributed by atoms with Gasteiger partial charge in [-0.25, -0.2) is 0 Å². The van der Waals surface area contributed by atoms with Gasteiger partial charge in [0.05, 0.1) is 12.6 Å². The van der Waals surface area contributed by atoms with E-state index in [9.17, 15) is 4.79 Å². The van der Waals surface area contributed by atoms with E-state index in [1.165, 1.54) is 19.3 Å². The first-order chi connectivity index (χ1) is 8.65. The van der Waals surface area contributed by atoms with E-state index in [-0.39, 0.29) is 6.54 Å². The fraction of sp³-hybridized carbons (Fsp3) is 0.923. The van der Waals surface area contributed by atoms with Crippen molar-refractivity contribution < 1.29 is 14.6 Å². The van der Waals surface area contributed by atoms with Crippen molar-refractivity contribution in [1.29, 1.82) is 0 Å². The molecule has 1 spiro atoms. The summed E-state index contributed by atoms with van der Waals surface area (Å²) in [5.41, 5.74) is 0.383. The first-order valence-corrected chi connectivity index (χ1v) is 6.93. The summed E-state index contributed by atoms with van der Waals surface area (Å²) in [5.74, 6) is -0.709. The molecule has 1 atom stereocenters. The van der Waals surface area contributed by atoms with Crippen molar-refractivity contribution in [3.05, 3.63) is 0 Å². The Morgan fingerprint density at radius 2 is 2.11 bits per heavy atom. The van der Waals surface area contributed by atoms with E-state index in [1.54, 1.807) is 0 Å². The van der Waals surface area contributed by atoms with Crippen LogP contribution in [0.15, 0.2) is 0 Å². The number of carboxylic acids is 1. The summed E-state index contributed by atoms with van der Waals surface area (Å²) in [6.45, 7) is 6.40. The minimum Gasteiger partial charge on any atom is -0.480 e. The molecular weight excluding hydrogens is 232 g/mol. The van der Waals surface area contributed by atoms with E-state index in [2.05, 4.69) is 4.90 Å². The van der Waals surface area contributed by atoms with Crippen LogP contribution in [0.5, 0.6) is 0 Å². The molecular formula is C13H22N2O3. The van der Waals surface area contributed by atoms with E-state index in [0.29, 0.717) is 11.5 Å². The number of hydrogen-bond donors (Lipinski definition) is 1. The van der Waals surface area contributed by atoms with Gasteiger partial charge in [0.1, 0.15) is 0 Å². The number of rotatable bonds is 4. The molecule has 3 rings (SSSR count). The molecule has 18 heavy (non-hydrogen) atoms. The Balaban J connectivity index is 1.43. The van der Waals surface area contributed by atoms with Gasteiger partial charge in [-0.1, -0.05) is 0 Å². The van der Waals surface area contributed by atoms with Crippen molar-refractivity contribution >= 4 is 5.97 Å². The second kappa shape index (κ2) is 4.79. The van der Waals surface area contributed by atoms with Crippen molar-refractivity contribution in [1.82, 2.24) is 9.80 Å². The van der Waals surface area contributed by atoms with Crippen LogP contribution in [-0.2, 0) is 9.53 Å². The van der Waals surface area contributed by atoms with E-state index in [0.717, 1.165) is 39.3 Å². The third-order valence-corrected chi connectivity index (χ3v) is 4.48. The number of carbonyl (C=O) groups is 1. The van der Waals surface area contributed by atoms with Gasteiger partial charge in [0, 0.05) is 38.2 Å². The van der Waals surface area contributed by atoms with E-state index >= 15 is 0 Å². The second-order valence-corrected chi connectivity index (χ2v) is 6.16. The highest BCUT2D eigenvalue weighted by Gasteiger charge is 2.47. The van der Waals surface area contributed by atoms with Crippen LogP contribution >= 0.6 is 0 Å². The minimum atomic E-state index is -0.709. The molecule has 0 saturated carbocycles. The Morgan fingerprint density at radius 3 is 2.78 bits per heavy atom. The highest BCUT2D eigenvalue weighted by molar-refractivity contribution is 5.69. The lowest BCUT2D eigenvalue weighted by molar-refractivity contribution is -0.141. The Hall–Kier alpha value is -0.650. The van der Waals surface area contributed by atoms with Crippen molar-refractivity contribution in [3.8, 4) is 0 Å². The molecule has 102 valence electrons. The van der Waals surface area contributed by atoms with Gasteiger partial charge >= 0.3 is 5.97 Å². The summed E-state index contributed by atoms with van der Waals surface area (Å²) in [6.07, 6.45) is 4.07. The monoisotopic (exact) mass is 254 g/mol. The zero-order chi connectivity index (χ0) is 12.6. The number of carboxylic acid groups (broad SMARTS) is 1. The van der Waals surface area contributed by atoms with Crippen LogP contribution in [0.2, 0.25) is 0 Å². The molecule has 0 radical (unpaired) electrons. The quantitative estimate of drug-likeness (QED) is 0.780. The summed E-state index contributed by atoms with van der Waals surface area (Å²) >= 11 is 0. The number of ether oxygens (including phenoxy) is 1. The summed E-state index contributed by atoms with van der Waals surface area (Å²) in [4.78, 5) is 15.2. The molecule has 3 fully saturated rings. The number of likely N-dealkylation sites (tertiary alicyclic amines) is 2. The molecule has 0 aromatic carbocycles. The molecule has 0 bridgehead atoms. The fourth-order valence-electron chi connectivity index (χ4n) is 3.72. The molecule has 3 heterocycles. The van der Waals surface area contributed by atoms with Gasteiger partial charge in [0.25, 0.3) is 0 Å². The molecule has 5 nitrogen and oxygen atoms in total. The van der Waals surface area contributed by atoms with Crippen LogP contribution < -0.4 is 0 Å². The van der Waals surface area contributed by atoms with Crippen LogP contribution in [0.4, 0.5) is 0 Å². The summed E-state index contributed by atoms with van der Waals surface area (Å²) in [5, 5.41) is 8.75. The van der Waals surface area contributed by atoms with Crippen LogP contribution in [0.3, 0.4) is 0 Å². The predicted octanol–water partition coefficient (Wildman–Crippen LogP) is 0.258. The third-order valence-electron chi connectivity index (χ3n) is 4.48. The van der Waals surface area contributed by atoms with Gasteiger partial charge in [0.15, 0.2) is 0 Å². The first kappa shape index (κ1) is 12.4. The highest BCUT2D eigenvalue weighted by Crippen LogP contribution is 2.39.